The molecule has 0 heterocycles. The summed E-state index contributed by atoms with van der Waals surface area (Å²) in [5.41, 5.74) is 5.74. The molecule has 0 fully saturated rings. The number of para-hydroxylation sites is 1. The molecular weight excluding hydrogens is 197 g/mol. The molecule has 5 heteroatoms. The summed E-state index contributed by atoms with van der Waals surface area (Å²) in [5.74, 6) is -0.199. The SMILES string of the molecule is CC(CC(N)=NO)Nc1ccccc1F. The molecule has 0 amide bonds. The number of anilines is 1. The lowest BCUT2D eigenvalue weighted by Crippen LogP contribution is -2.24. The van der Waals surface area contributed by atoms with Gasteiger partial charge in [0.1, 0.15) is 11.7 Å². The average molecular weight is 211 g/mol. The largest absolute Gasteiger partial charge is 0.409 e. The Bertz CT molecular complexity index is 354. The molecule has 1 aromatic rings. The maximum atomic E-state index is 13.2. The fourth-order valence-electron chi connectivity index (χ4n) is 1.25. The Kier molecular flexibility index (Phi) is 3.91. The van der Waals surface area contributed by atoms with Crippen LogP contribution in [0.25, 0.3) is 0 Å². The molecule has 0 radical (unpaired) electrons. The predicted octanol–water partition coefficient (Wildman–Crippen LogP) is 1.76. The van der Waals surface area contributed by atoms with Gasteiger partial charge in [0, 0.05) is 12.5 Å². The first-order valence-electron chi connectivity index (χ1n) is 4.61. The van der Waals surface area contributed by atoms with Crippen LogP contribution in [0, 0.1) is 5.82 Å². The summed E-state index contributed by atoms with van der Waals surface area (Å²) >= 11 is 0. The summed E-state index contributed by atoms with van der Waals surface area (Å²) in [5, 5.41) is 14.1. The summed E-state index contributed by atoms with van der Waals surface area (Å²) in [7, 11) is 0. The first-order valence-corrected chi connectivity index (χ1v) is 4.61. The lowest BCUT2D eigenvalue weighted by molar-refractivity contribution is 0.316. The second kappa shape index (κ2) is 5.19. The minimum Gasteiger partial charge on any atom is -0.409 e. The topological polar surface area (TPSA) is 70.6 Å². The summed E-state index contributed by atoms with van der Waals surface area (Å²) in [6.07, 6.45) is 0.352. The quantitative estimate of drug-likeness (QED) is 0.307. The number of halogens is 1. The van der Waals surface area contributed by atoms with Crippen molar-refractivity contribution >= 4 is 11.5 Å². The zero-order chi connectivity index (χ0) is 11.3. The van der Waals surface area contributed by atoms with E-state index in [1.54, 1.807) is 18.2 Å². The van der Waals surface area contributed by atoms with E-state index >= 15 is 0 Å². The number of benzene rings is 1. The standard InChI is InChI=1S/C10H14FN3O/c1-7(6-10(12)14-15)13-9-5-3-2-4-8(9)11/h2-5,7,13,15H,6H2,1H3,(H2,12,14). The van der Waals surface area contributed by atoms with Crippen LogP contribution in [0.3, 0.4) is 0 Å². The second-order valence-corrected chi connectivity index (χ2v) is 3.32. The van der Waals surface area contributed by atoms with Gasteiger partial charge in [-0.1, -0.05) is 17.3 Å². The van der Waals surface area contributed by atoms with Gasteiger partial charge in [-0.2, -0.15) is 0 Å². The molecule has 1 aromatic carbocycles. The van der Waals surface area contributed by atoms with E-state index in [0.29, 0.717) is 12.1 Å². The first kappa shape index (κ1) is 11.3. The molecule has 0 bridgehead atoms. The van der Waals surface area contributed by atoms with Crippen molar-refractivity contribution in [2.75, 3.05) is 5.32 Å². The van der Waals surface area contributed by atoms with E-state index in [2.05, 4.69) is 10.5 Å². The minimum absolute atomic E-state index is 0.0993. The van der Waals surface area contributed by atoms with Crippen LogP contribution in [0.5, 0.6) is 0 Å². The highest BCUT2D eigenvalue weighted by Gasteiger charge is 2.07. The van der Waals surface area contributed by atoms with Gasteiger partial charge in [0.05, 0.1) is 5.69 Å². The number of nitrogens with one attached hydrogen (secondary N) is 1. The number of rotatable bonds is 4. The number of nitrogens with two attached hydrogens (primary N) is 1. The monoisotopic (exact) mass is 211 g/mol. The summed E-state index contributed by atoms with van der Waals surface area (Å²) < 4.78 is 13.2. The number of nitrogens with zero attached hydrogens (tertiary/aromatic N) is 1. The molecule has 0 saturated carbocycles. The zero-order valence-electron chi connectivity index (χ0n) is 8.44. The van der Waals surface area contributed by atoms with E-state index in [0.717, 1.165) is 0 Å². The van der Waals surface area contributed by atoms with Gasteiger partial charge in [0.25, 0.3) is 0 Å². The average Bonchev–Trinajstić information content (AvgIpc) is 2.21. The van der Waals surface area contributed by atoms with Crippen molar-refractivity contribution < 1.29 is 9.60 Å². The van der Waals surface area contributed by atoms with Crippen molar-refractivity contribution in [2.24, 2.45) is 10.9 Å². The molecule has 4 nitrogen and oxygen atoms in total. The molecular formula is C10H14FN3O. The van der Waals surface area contributed by atoms with Gasteiger partial charge in [-0.15, -0.1) is 0 Å². The van der Waals surface area contributed by atoms with E-state index in [4.69, 9.17) is 10.9 Å². The van der Waals surface area contributed by atoms with Crippen molar-refractivity contribution in [2.45, 2.75) is 19.4 Å². The first-order chi connectivity index (χ1) is 7.13. The number of oxime groups is 1. The lowest BCUT2D eigenvalue weighted by atomic mass is 10.2. The van der Waals surface area contributed by atoms with Crippen LogP contribution in [0.4, 0.5) is 10.1 Å². The van der Waals surface area contributed by atoms with Crippen LogP contribution in [0.1, 0.15) is 13.3 Å². The molecule has 4 N–H and O–H groups in total. The Labute approximate surface area is 87.6 Å². The maximum absolute atomic E-state index is 13.2. The second-order valence-electron chi connectivity index (χ2n) is 3.32. The van der Waals surface area contributed by atoms with E-state index in [9.17, 15) is 4.39 Å². The van der Waals surface area contributed by atoms with Crippen molar-refractivity contribution in [3.05, 3.63) is 30.1 Å². The van der Waals surface area contributed by atoms with Gasteiger partial charge >= 0.3 is 0 Å². The Morgan fingerprint density at radius 1 is 1.60 bits per heavy atom. The van der Waals surface area contributed by atoms with Crippen LogP contribution in [-0.4, -0.2) is 17.1 Å². The highest BCUT2D eigenvalue weighted by molar-refractivity contribution is 5.80. The van der Waals surface area contributed by atoms with Crippen LogP contribution in [0.2, 0.25) is 0 Å². The van der Waals surface area contributed by atoms with Crippen molar-refractivity contribution in [1.29, 1.82) is 0 Å². The molecule has 0 aliphatic carbocycles. The van der Waals surface area contributed by atoms with Crippen molar-refractivity contribution in [3.8, 4) is 0 Å². The highest BCUT2D eigenvalue weighted by Crippen LogP contribution is 2.14. The van der Waals surface area contributed by atoms with Gasteiger partial charge in [0.2, 0.25) is 0 Å². The van der Waals surface area contributed by atoms with Gasteiger partial charge in [-0.3, -0.25) is 0 Å². The molecule has 1 unspecified atom stereocenters. The molecule has 1 atom stereocenters. The third kappa shape index (κ3) is 3.46. The molecule has 82 valence electrons. The van der Waals surface area contributed by atoms with Crippen molar-refractivity contribution in [1.82, 2.24) is 0 Å². The fraction of sp³-hybridized carbons (Fsp3) is 0.300. The van der Waals surface area contributed by atoms with Crippen LogP contribution >= 0.6 is 0 Å². The fourth-order valence-corrected chi connectivity index (χ4v) is 1.25. The Morgan fingerprint density at radius 3 is 2.87 bits per heavy atom. The summed E-state index contributed by atoms with van der Waals surface area (Å²) in [6.45, 7) is 1.82. The van der Waals surface area contributed by atoms with Gasteiger partial charge in [-0.05, 0) is 19.1 Å². The smallest absolute Gasteiger partial charge is 0.146 e. The lowest BCUT2D eigenvalue weighted by Gasteiger charge is -2.14. The molecule has 0 aliphatic heterocycles. The third-order valence-electron chi connectivity index (χ3n) is 1.92. The minimum atomic E-state index is -0.316. The molecule has 0 saturated heterocycles. The van der Waals surface area contributed by atoms with Gasteiger partial charge in [-0.25, -0.2) is 4.39 Å². The van der Waals surface area contributed by atoms with E-state index < -0.39 is 0 Å². The van der Waals surface area contributed by atoms with Crippen LogP contribution in [-0.2, 0) is 0 Å². The maximum Gasteiger partial charge on any atom is 0.146 e. The number of hydrogen-bond acceptors (Lipinski definition) is 3. The highest BCUT2D eigenvalue weighted by atomic mass is 19.1. The third-order valence-corrected chi connectivity index (χ3v) is 1.92. The van der Waals surface area contributed by atoms with Gasteiger partial charge in [0.15, 0.2) is 0 Å². The van der Waals surface area contributed by atoms with E-state index in [1.807, 2.05) is 6.92 Å². The summed E-state index contributed by atoms with van der Waals surface area (Å²) in [6, 6.07) is 6.27. The molecule has 0 aromatic heterocycles. The normalized spacial score (nSPS) is 13.6. The van der Waals surface area contributed by atoms with Crippen molar-refractivity contribution in [3.63, 3.8) is 0 Å². The molecule has 1 rings (SSSR count). The number of amidine groups is 1. The molecule has 0 spiro atoms. The van der Waals surface area contributed by atoms with E-state index in [1.165, 1.54) is 6.07 Å². The van der Waals surface area contributed by atoms with Crippen LogP contribution < -0.4 is 11.1 Å². The Morgan fingerprint density at radius 2 is 2.27 bits per heavy atom. The van der Waals surface area contributed by atoms with Crippen LogP contribution in [0.15, 0.2) is 29.4 Å². The van der Waals surface area contributed by atoms with E-state index in [-0.39, 0.29) is 17.7 Å². The Hall–Kier alpha value is -1.78. The van der Waals surface area contributed by atoms with Gasteiger partial charge < -0.3 is 16.3 Å². The zero-order valence-corrected chi connectivity index (χ0v) is 8.44. The molecule has 0 aliphatic rings. The Balaban J connectivity index is 2.59. The number of hydrogen-bond donors (Lipinski definition) is 3. The molecule has 15 heavy (non-hydrogen) atoms. The summed E-state index contributed by atoms with van der Waals surface area (Å²) in [4.78, 5) is 0. The predicted molar refractivity (Wildman–Crippen MR) is 57.5 cm³/mol.